The zero-order chi connectivity index (χ0) is 80.3. The highest BCUT2D eigenvalue weighted by atomic mass is 16.8. The summed E-state index contributed by atoms with van der Waals surface area (Å²) < 4.78 is 45.1. The van der Waals surface area contributed by atoms with E-state index in [1.165, 1.54) is 50.6 Å². The van der Waals surface area contributed by atoms with Crippen LogP contribution in [0.2, 0.25) is 0 Å². The van der Waals surface area contributed by atoms with Gasteiger partial charge in [0.25, 0.3) is 11.8 Å². The molecule has 0 spiro atoms. The molecule has 112 heavy (non-hydrogen) atoms. The Morgan fingerprint density at radius 1 is 0.562 bits per heavy atom. The predicted molar refractivity (Wildman–Crippen MR) is 381 cm³/mol. The Kier molecular flexibility index (Phi) is 23.1. The molecule has 3 aliphatic heterocycles. The van der Waals surface area contributed by atoms with Crippen LogP contribution in [0, 0.1) is 59.2 Å². The summed E-state index contributed by atoms with van der Waals surface area (Å²) in [6.07, 6.45) is -5.21. The summed E-state index contributed by atoms with van der Waals surface area (Å²) in [5, 5.41) is 112. The smallest absolute Gasteiger partial charge is 0.507 e. The Hall–Kier alpha value is -9.94. The molecule has 15 rings (SSSR count). The lowest BCUT2D eigenvalue weighted by Crippen LogP contribution is -2.56. The van der Waals surface area contributed by atoms with Crippen LogP contribution in [0.5, 0.6) is 34.5 Å². The monoisotopic (exact) mass is 1550 g/mol. The minimum atomic E-state index is -2.32. The highest BCUT2D eigenvalue weighted by molar-refractivity contribution is 6.32. The predicted octanol–water partition coefficient (Wildman–Crippen LogP) is 3.85. The van der Waals surface area contributed by atoms with E-state index in [1.807, 2.05) is 0 Å². The van der Waals surface area contributed by atoms with Crippen molar-refractivity contribution >= 4 is 58.8 Å². The number of hydroxylamine groups is 2. The van der Waals surface area contributed by atoms with Crippen molar-refractivity contribution in [2.75, 3.05) is 40.6 Å². The van der Waals surface area contributed by atoms with Gasteiger partial charge in [0.2, 0.25) is 11.6 Å². The Morgan fingerprint density at radius 2 is 0.964 bits per heavy atom. The van der Waals surface area contributed by atoms with Gasteiger partial charge in [0.05, 0.1) is 97.4 Å². The number of rotatable bonds is 16. The number of imide groups is 1. The van der Waals surface area contributed by atoms with Gasteiger partial charge in [-0.1, -0.05) is 29.3 Å². The fourth-order valence-electron chi connectivity index (χ4n) is 17.5. The van der Waals surface area contributed by atoms with Crippen molar-refractivity contribution in [1.29, 1.82) is 0 Å². The first-order chi connectivity index (χ1) is 53.5. The van der Waals surface area contributed by atoms with Crippen molar-refractivity contribution < 1.29 is 142 Å². The van der Waals surface area contributed by atoms with Gasteiger partial charge in [-0.3, -0.25) is 43.2 Å². The van der Waals surface area contributed by atoms with E-state index in [0.717, 1.165) is 51.4 Å². The summed E-state index contributed by atoms with van der Waals surface area (Å²) >= 11 is 0. The number of nitrogens with one attached hydrogen (secondary N) is 1. The number of Topliss-reactive ketones (excluding diaryl/α,β-unsaturated/α-hetero) is 2. The van der Waals surface area contributed by atoms with Gasteiger partial charge in [-0.2, -0.15) is 0 Å². The topological polar surface area (TPSA) is 497 Å². The number of nitrogens with two attached hydrogens (primary N) is 1. The van der Waals surface area contributed by atoms with Gasteiger partial charge in [-0.15, -0.1) is 23.7 Å². The number of ketones is 6. The van der Waals surface area contributed by atoms with E-state index < -0.39 is 215 Å². The van der Waals surface area contributed by atoms with Crippen LogP contribution in [-0.2, 0) is 65.3 Å². The van der Waals surface area contributed by atoms with Gasteiger partial charge < -0.3 is 100 Å². The third kappa shape index (κ3) is 15.1. The molecule has 8 aliphatic carbocycles. The highest BCUT2D eigenvalue weighted by Crippen LogP contribution is 2.57. The van der Waals surface area contributed by atoms with Gasteiger partial charge in [0.1, 0.15) is 65.0 Å². The van der Waals surface area contributed by atoms with E-state index in [-0.39, 0.29) is 101 Å². The maximum atomic E-state index is 13.9. The number of aliphatic hydroxyl groups excluding tert-OH is 4. The molecule has 3 saturated heterocycles. The average Bonchev–Trinajstić information content (AvgIpc) is 1.17. The van der Waals surface area contributed by atoms with Crippen molar-refractivity contribution in [2.45, 2.75) is 189 Å². The first-order valence-electron chi connectivity index (χ1n) is 37.2. The minimum absolute atomic E-state index is 0.0173. The Morgan fingerprint density at radius 3 is 1.38 bits per heavy atom. The lowest BCUT2D eigenvalue weighted by Gasteiger charge is -2.42. The number of benzene rings is 4. The van der Waals surface area contributed by atoms with E-state index in [4.69, 9.17) is 43.6 Å². The van der Waals surface area contributed by atoms with Gasteiger partial charge in [0, 0.05) is 116 Å². The average molecular weight is 1550 g/mol. The fraction of sp³-hybridized carbons (Fsp3) is 0.525. The second-order valence-electron chi connectivity index (χ2n) is 30.1. The summed E-state index contributed by atoms with van der Waals surface area (Å²) in [5.74, 6) is 6.49. The molecule has 0 aromatic heterocycles. The number of fused-ring (bicyclic) bond motifs is 8. The molecule has 4 aromatic carbocycles. The van der Waals surface area contributed by atoms with E-state index in [9.17, 15) is 99.0 Å². The molecule has 3 amide bonds. The number of ether oxygens (including phenoxy) is 8. The van der Waals surface area contributed by atoms with Gasteiger partial charge in [-0.25, -0.2) is 9.59 Å². The van der Waals surface area contributed by atoms with Crippen LogP contribution >= 0.6 is 0 Å². The van der Waals surface area contributed by atoms with E-state index in [0.29, 0.717) is 34.7 Å². The van der Waals surface area contributed by atoms with Crippen LogP contribution in [0.4, 0.5) is 9.59 Å². The third-order valence-corrected chi connectivity index (χ3v) is 23.5. The molecule has 2 saturated carbocycles. The number of phenols is 4. The molecule has 3 heterocycles. The molecule has 18 atom stereocenters. The molecule has 32 nitrogen and oxygen atoms in total. The maximum Gasteiger partial charge on any atom is 0.533 e. The van der Waals surface area contributed by atoms with Crippen molar-refractivity contribution in [3.05, 3.63) is 103 Å². The summed E-state index contributed by atoms with van der Waals surface area (Å²) in [5.41, 5.74) is -1.55. The number of amides is 3. The number of nitrogens with zero attached hydrogens (tertiary/aromatic N) is 1. The highest BCUT2D eigenvalue weighted by Gasteiger charge is 2.55. The van der Waals surface area contributed by atoms with Crippen molar-refractivity contribution in [1.82, 2.24) is 10.4 Å². The Bertz CT molecular complexity index is 4600. The zero-order valence-corrected chi connectivity index (χ0v) is 61.6. The summed E-state index contributed by atoms with van der Waals surface area (Å²) in [6.45, 7) is 1.57. The van der Waals surface area contributed by atoms with E-state index in [1.54, 1.807) is 13.8 Å². The minimum Gasteiger partial charge on any atom is -0.507 e. The SMILES string of the molecule is COc1cccc2c1C(=O)c1c(O)c3c(c(O)c1C2=O)C[C@@](O)(C(=O)CO)C[C@@H]3O[C@H]1C[C@H](N)[C@H](O)[C@H](C)O1.COc1cccc2c1C(=O)c1c(O)c3c(c(O)c1C2=O)C[C@@](O)(C(=O)CO)C[C@@H]3O[C@H]1C[C@H](NC(=O)OCC2[C@H]3CCC#CCC[C@@H]23)[C@H](O)[C@H](C)O1.O=C(OCC1[C@H]2CCC#CCC[C@@H]12)ON1C(=O)CCC1=O. The van der Waals surface area contributed by atoms with Crippen LogP contribution in [0.3, 0.4) is 0 Å². The summed E-state index contributed by atoms with van der Waals surface area (Å²) in [7, 11) is 2.64. The molecular formula is C80H87N3O29. The second-order valence-corrected chi connectivity index (χ2v) is 30.1. The molecule has 11 aliphatic rings. The number of aromatic hydroxyl groups is 4. The standard InChI is InChI=1S/C38H41NO13.C27H29NO11.C15H17NO5/c1-17-32(42)23(39-37(47)50-16-22-18-8-5-3-4-6-9-19(18)22)12-27(51-17)52-25-14-38(48,26(41)15-40)13-21-29(25)36(46)31-30(34(21)44)33(43)20-10-7-11-24(49-2)28(20)35(31)45;1-10-22(31)13(28)6-17(38-10)39-15-8-27(36,16(30)9-29)7-12-19(15)26(35)21-20(24(12)33)23(32)11-4-3-5-14(37-2)18(11)25(21)34;17-13-7-8-14(18)16(13)21-15(19)20-9-12-10-5-3-1-2-4-6-11(10)12/h7,10-11,17-19,22-23,25,27,32,40,42,44,46,48H,5-6,8-9,12-16H2,1-2H3,(H,39,47);3-5,10,13,15,17,22,29,31,33,35-36H,6-9,28H2,1-2H3;10-12H,3-9H2/t17-,18-,19+,22?,23-,25-,27-,32+,38-;10-,13-,15-,17-,22+,27-;10-,11+,12?/m00./s1. The summed E-state index contributed by atoms with van der Waals surface area (Å²) in [6, 6.07) is 7.06. The number of aliphatic hydroxyl groups is 6. The third-order valence-electron chi connectivity index (χ3n) is 23.5. The first-order valence-corrected chi connectivity index (χ1v) is 37.2. The Balaban J connectivity index is 0.000000160. The quantitative estimate of drug-likeness (QED) is 0.0283. The van der Waals surface area contributed by atoms with E-state index >= 15 is 0 Å². The Labute approximate surface area is 640 Å². The molecule has 596 valence electrons. The zero-order valence-electron chi connectivity index (χ0n) is 61.6. The molecule has 0 radical (unpaired) electrons. The fourth-order valence-corrected chi connectivity index (χ4v) is 17.5. The van der Waals surface area contributed by atoms with Crippen LogP contribution < -0.4 is 20.5 Å². The molecule has 2 unspecified atom stereocenters. The molecule has 5 fully saturated rings. The number of alkyl carbamates (subject to hydrolysis) is 1. The van der Waals surface area contributed by atoms with Crippen LogP contribution in [-0.4, -0.2) is 216 Å². The molecule has 0 bridgehead atoms. The number of hydrogen-bond donors (Lipinski definition) is 12. The van der Waals surface area contributed by atoms with Gasteiger partial charge in [0.15, 0.2) is 35.7 Å². The molecule has 32 heteroatoms. The van der Waals surface area contributed by atoms with Crippen molar-refractivity contribution in [3.8, 4) is 58.2 Å². The molecule has 4 aromatic rings. The summed E-state index contributed by atoms with van der Waals surface area (Å²) in [4.78, 5) is 132. The van der Waals surface area contributed by atoms with Crippen LogP contribution in [0.25, 0.3) is 0 Å². The number of carbonyl (C=O) groups is 10. The van der Waals surface area contributed by atoms with Crippen molar-refractivity contribution in [3.63, 3.8) is 0 Å². The number of carbonyl (C=O) groups excluding carboxylic acids is 10. The number of hydrogen-bond acceptors (Lipinski definition) is 30. The molecule has 13 N–H and O–H groups in total. The van der Waals surface area contributed by atoms with Gasteiger partial charge in [-0.05, 0) is 87.2 Å². The largest absolute Gasteiger partial charge is 0.533 e. The van der Waals surface area contributed by atoms with Crippen molar-refractivity contribution in [2.24, 2.45) is 41.2 Å². The molecular weight excluding hydrogens is 1470 g/mol. The van der Waals surface area contributed by atoms with Crippen LogP contribution in [0.1, 0.15) is 202 Å². The lowest BCUT2D eigenvalue weighted by atomic mass is 9.72. The number of phenolic OH excluding ortho intramolecular Hbond substituents is 4. The van der Waals surface area contributed by atoms with E-state index in [2.05, 4.69) is 33.8 Å². The normalized spacial score (nSPS) is 30.8. The van der Waals surface area contributed by atoms with Gasteiger partial charge >= 0.3 is 12.2 Å². The second kappa shape index (κ2) is 32.3. The maximum absolute atomic E-state index is 13.9. The first kappa shape index (κ1) is 80.1. The van der Waals surface area contributed by atoms with Crippen LogP contribution in [0.15, 0.2) is 36.4 Å². The number of methoxy groups -OCH3 is 2. The lowest BCUT2D eigenvalue weighted by molar-refractivity contribution is -0.249.